The van der Waals surface area contributed by atoms with E-state index in [4.69, 9.17) is 18.0 Å². The number of nitrogens with one attached hydrogen (secondary N) is 1. The smallest absolute Gasteiger partial charge is 0.271 e. The summed E-state index contributed by atoms with van der Waals surface area (Å²) in [4.78, 5) is 0.781. The van der Waals surface area contributed by atoms with Crippen LogP contribution < -0.4 is 10.5 Å². The molecule has 1 aromatic carbocycles. The number of anilines is 1. The van der Waals surface area contributed by atoms with Crippen LogP contribution in [0.1, 0.15) is 16.0 Å². The van der Waals surface area contributed by atoms with Crippen molar-refractivity contribution in [1.29, 1.82) is 0 Å². The van der Waals surface area contributed by atoms with Crippen LogP contribution in [0.3, 0.4) is 0 Å². The highest BCUT2D eigenvalue weighted by atomic mass is 32.2. The van der Waals surface area contributed by atoms with Crippen LogP contribution in [0.15, 0.2) is 34.5 Å². The van der Waals surface area contributed by atoms with Crippen molar-refractivity contribution >= 4 is 44.3 Å². The first kappa shape index (κ1) is 15.0. The summed E-state index contributed by atoms with van der Waals surface area (Å²) in [7, 11) is -3.61. The lowest BCUT2D eigenvalue weighted by molar-refractivity contribution is 0.603. The Hall–Kier alpha value is -1.44. The normalized spacial score (nSPS) is 11.3. The van der Waals surface area contributed by atoms with E-state index in [1.165, 1.54) is 6.07 Å². The molecule has 0 spiro atoms. The quantitative estimate of drug-likeness (QED) is 0.848. The Labute approximate surface area is 127 Å². The molecule has 20 heavy (non-hydrogen) atoms. The van der Waals surface area contributed by atoms with Crippen molar-refractivity contribution < 1.29 is 8.42 Å². The van der Waals surface area contributed by atoms with Crippen LogP contribution in [0.5, 0.6) is 0 Å². The van der Waals surface area contributed by atoms with Gasteiger partial charge in [0.25, 0.3) is 10.0 Å². The van der Waals surface area contributed by atoms with Gasteiger partial charge in [0.05, 0.1) is 10.6 Å². The molecular weight excluding hydrogens is 312 g/mol. The summed E-state index contributed by atoms with van der Waals surface area (Å²) in [5.41, 5.74) is 8.02. The number of thiocarbonyl (C=S) groups is 1. The topological polar surface area (TPSA) is 72.2 Å². The molecule has 0 atom stereocenters. The van der Waals surface area contributed by atoms with E-state index in [9.17, 15) is 8.42 Å². The number of hydrogen-bond acceptors (Lipinski definition) is 4. The number of aryl methyl sites for hydroxylation is 2. The third-order valence-electron chi connectivity index (χ3n) is 2.72. The second-order valence-corrected chi connectivity index (χ2v) is 7.84. The van der Waals surface area contributed by atoms with Gasteiger partial charge < -0.3 is 5.73 Å². The lowest BCUT2D eigenvalue weighted by Crippen LogP contribution is -2.12. The average molecular weight is 326 g/mol. The van der Waals surface area contributed by atoms with E-state index >= 15 is 0 Å². The van der Waals surface area contributed by atoms with Gasteiger partial charge in [0.15, 0.2) is 0 Å². The van der Waals surface area contributed by atoms with Gasteiger partial charge in [0.1, 0.15) is 9.20 Å². The minimum absolute atomic E-state index is 0.195. The van der Waals surface area contributed by atoms with E-state index in [2.05, 4.69) is 4.72 Å². The van der Waals surface area contributed by atoms with E-state index in [1.54, 1.807) is 12.1 Å². The summed E-state index contributed by atoms with van der Waals surface area (Å²) in [5.74, 6) is 0. The molecule has 7 heteroatoms. The van der Waals surface area contributed by atoms with Gasteiger partial charge in [-0.1, -0.05) is 29.9 Å². The first-order chi connectivity index (χ1) is 9.29. The SMILES string of the molecule is Cc1ccc(NS(=O)(=O)c2ccc(C(N)=S)s2)c(C)c1. The molecule has 1 heterocycles. The highest BCUT2D eigenvalue weighted by Gasteiger charge is 2.18. The molecule has 0 aliphatic heterocycles. The standard InChI is InChI=1S/C13H14N2O2S3/c1-8-3-4-10(9(2)7-8)15-20(16,17)12-6-5-11(19-12)13(14)18/h3-7,15H,1-2H3,(H2,14,18). The minimum Gasteiger partial charge on any atom is -0.389 e. The molecule has 106 valence electrons. The molecule has 0 saturated heterocycles. The lowest BCUT2D eigenvalue weighted by atomic mass is 10.1. The van der Waals surface area contributed by atoms with Crippen molar-refractivity contribution in [1.82, 2.24) is 0 Å². The summed E-state index contributed by atoms with van der Waals surface area (Å²) >= 11 is 5.90. The predicted molar refractivity (Wildman–Crippen MR) is 86.9 cm³/mol. The maximum Gasteiger partial charge on any atom is 0.271 e. The van der Waals surface area contributed by atoms with Gasteiger partial charge >= 0.3 is 0 Å². The van der Waals surface area contributed by atoms with Crippen molar-refractivity contribution in [2.24, 2.45) is 5.73 Å². The summed E-state index contributed by atoms with van der Waals surface area (Å²) < 4.78 is 27.4. The van der Waals surface area contributed by atoms with Crippen LogP contribution >= 0.6 is 23.6 Å². The van der Waals surface area contributed by atoms with Crippen molar-refractivity contribution in [3.05, 3.63) is 46.3 Å². The van der Waals surface area contributed by atoms with Crippen LogP contribution in [0, 0.1) is 13.8 Å². The van der Waals surface area contributed by atoms with Gasteiger partial charge in [-0.15, -0.1) is 11.3 Å². The highest BCUT2D eigenvalue weighted by molar-refractivity contribution is 7.94. The molecular formula is C13H14N2O2S3. The summed E-state index contributed by atoms with van der Waals surface area (Å²) in [6.45, 7) is 3.82. The number of sulfonamides is 1. The Morgan fingerprint density at radius 3 is 2.50 bits per heavy atom. The van der Waals surface area contributed by atoms with Gasteiger partial charge in [0.2, 0.25) is 0 Å². The second-order valence-electron chi connectivity index (χ2n) is 4.41. The largest absolute Gasteiger partial charge is 0.389 e. The Kier molecular flexibility index (Phi) is 4.12. The van der Waals surface area contributed by atoms with Gasteiger partial charge in [-0.25, -0.2) is 8.42 Å². The molecule has 0 amide bonds. The van der Waals surface area contributed by atoms with Crippen LogP contribution in [-0.2, 0) is 10.0 Å². The fourth-order valence-corrected chi connectivity index (χ4v) is 4.20. The maximum atomic E-state index is 12.3. The zero-order valence-electron chi connectivity index (χ0n) is 11.0. The fourth-order valence-electron chi connectivity index (χ4n) is 1.72. The predicted octanol–water partition coefficient (Wildman–Crippen LogP) is 2.80. The van der Waals surface area contributed by atoms with Crippen LogP contribution in [0.25, 0.3) is 0 Å². The Morgan fingerprint density at radius 1 is 1.25 bits per heavy atom. The maximum absolute atomic E-state index is 12.3. The molecule has 4 nitrogen and oxygen atoms in total. The monoisotopic (exact) mass is 326 g/mol. The molecule has 2 aromatic rings. The number of benzene rings is 1. The van der Waals surface area contributed by atoms with E-state index < -0.39 is 10.0 Å². The molecule has 0 radical (unpaired) electrons. The molecule has 1 aromatic heterocycles. The molecule has 0 bridgehead atoms. The van der Waals surface area contributed by atoms with Gasteiger partial charge in [-0.3, -0.25) is 4.72 Å². The van der Waals surface area contributed by atoms with Crippen molar-refractivity contribution in [2.75, 3.05) is 4.72 Å². The molecule has 0 fully saturated rings. The lowest BCUT2D eigenvalue weighted by Gasteiger charge is -2.09. The zero-order chi connectivity index (χ0) is 14.9. The number of thiophene rings is 1. The van der Waals surface area contributed by atoms with Crippen molar-refractivity contribution in [2.45, 2.75) is 18.1 Å². The first-order valence-corrected chi connectivity index (χ1v) is 8.50. The van der Waals surface area contributed by atoms with Crippen LogP contribution in [-0.4, -0.2) is 13.4 Å². The molecule has 0 unspecified atom stereocenters. The van der Waals surface area contributed by atoms with Gasteiger partial charge in [-0.05, 0) is 37.6 Å². The summed E-state index contributed by atoms with van der Waals surface area (Å²) in [5, 5.41) is 0. The van der Waals surface area contributed by atoms with E-state index in [-0.39, 0.29) is 9.20 Å². The fraction of sp³-hybridized carbons (Fsp3) is 0.154. The molecule has 2 rings (SSSR count). The van der Waals surface area contributed by atoms with Crippen molar-refractivity contribution in [3.8, 4) is 0 Å². The van der Waals surface area contributed by atoms with E-state index in [0.29, 0.717) is 10.6 Å². The molecule has 0 aliphatic carbocycles. The van der Waals surface area contributed by atoms with Gasteiger partial charge in [-0.2, -0.15) is 0 Å². The van der Waals surface area contributed by atoms with Gasteiger partial charge in [0, 0.05) is 0 Å². The number of hydrogen-bond donors (Lipinski definition) is 2. The van der Waals surface area contributed by atoms with E-state index in [0.717, 1.165) is 22.5 Å². The number of nitrogens with two attached hydrogens (primary N) is 1. The molecule has 0 aliphatic rings. The first-order valence-electron chi connectivity index (χ1n) is 5.79. The number of rotatable bonds is 4. The zero-order valence-corrected chi connectivity index (χ0v) is 13.5. The Bertz CT molecular complexity index is 764. The highest BCUT2D eigenvalue weighted by Crippen LogP contribution is 2.25. The third-order valence-corrected chi connectivity index (χ3v) is 6.04. The Balaban J connectivity index is 2.33. The third kappa shape index (κ3) is 3.17. The summed E-state index contributed by atoms with van der Waals surface area (Å²) in [6.07, 6.45) is 0. The molecule has 0 saturated carbocycles. The minimum atomic E-state index is -3.61. The average Bonchev–Trinajstić information content (AvgIpc) is 2.83. The second kappa shape index (κ2) is 5.51. The summed E-state index contributed by atoms with van der Waals surface area (Å²) in [6, 6.07) is 8.66. The van der Waals surface area contributed by atoms with Crippen LogP contribution in [0.4, 0.5) is 5.69 Å². The van der Waals surface area contributed by atoms with E-state index in [1.807, 2.05) is 26.0 Å². The molecule has 3 N–H and O–H groups in total. The Morgan fingerprint density at radius 2 is 1.95 bits per heavy atom. The van der Waals surface area contributed by atoms with Crippen molar-refractivity contribution in [3.63, 3.8) is 0 Å². The van der Waals surface area contributed by atoms with Crippen LogP contribution in [0.2, 0.25) is 0 Å².